The van der Waals surface area contributed by atoms with E-state index in [0.717, 1.165) is 51.5 Å². The molecule has 6 nitrogen and oxygen atoms in total. The molecule has 0 radical (unpaired) electrons. The van der Waals surface area contributed by atoms with E-state index < -0.39 is 0 Å². The van der Waals surface area contributed by atoms with Crippen molar-refractivity contribution in [1.29, 1.82) is 0 Å². The van der Waals surface area contributed by atoms with Crippen LogP contribution in [0.2, 0.25) is 0 Å². The number of aromatic nitrogens is 2. The molecule has 22 heavy (non-hydrogen) atoms. The minimum Gasteiger partial charge on any atom is -0.338 e. The van der Waals surface area contributed by atoms with Gasteiger partial charge in [0.15, 0.2) is 0 Å². The van der Waals surface area contributed by atoms with Gasteiger partial charge in [0, 0.05) is 52.2 Å². The summed E-state index contributed by atoms with van der Waals surface area (Å²) in [5.41, 5.74) is 0. The second-order valence-electron chi connectivity index (χ2n) is 6.01. The number of nitrogens with one attached hydrogen (secondary N) is 1. The third kappa shape index (κ3) is 5.02. The highest BCUT2D eigenvalue weighted by molar-refractivity contribution is 5.74. The maximum Gasteiger partial charge on any atom is 0.317 e. The Morgan fingerprint density at radius 1 is 1.23 bits per heavy atom. The lowest BCUT2D eigenvalue weighted by Gasteiger charge is -2.34. The molecule has 0 bridgehead atoms. The Hall–Kier alpha value is -1.56. The van der Waals surface area contributed by atoms with Crippen LogP contribution in [0.25, 0.3) is 0 Å². The minimum absolute atomic E-state index is 0.0909. The number of urea groups is 1. The zero-order valence-corrected chi connectivity index (χ0v) is 13.9. The quantitative estimate of drug-likeness (QED) is 0.782. The number of unbranched alkanes of at least 4 members (excludes halogenated alkanes) is 3. The molecule has 1 fully saturated rings. The van der Waals surface area contributed by atoms with Gasteiger partial charge in [0.25, 0.3) is 0 Å². The predicted octanol–water partition coefficient (Wildman–Crippen LogP) is 1.83. The number of aryl methyl sites for hydroxylation is 1. The van der Waals surface area contributed by atoms with E-state index in [1.807, 2.05) is 24.3 Å². The Labute approximate surface area is 133 Å². The van der Waals surface area contributed by atoms with Crippen LogP contribution in [0.4, 0.5) is 4.79 Å². The number of amides is 2. The van der Waals surface area contributed by atoms with Gasteiger partial charge in [-0.2, -0.15) is 0 Å². The summed E-state index contributed by atoms with van der Waals surface area (Å²) in [4.78, 5) is 20.7. The summed E-state index contributed by atoms with van der Waals surface area (Å²) in [7, 11) is 2.02. The highest BCUT2D eigenvalue weighted by Gasteiger charge is 2.21. The Bertz CT molecular complexity index is 451. The number of carbonyl (C=O) groups excluding carboxylic acids is 1. The van der Waals surface area contributed by atoms with Gasteiger partial charge in [0.05, 0.1) is 6.54 Å². The molecule has 1 saturated heterocycles. The predicted molar refractivity (Wildman–Crippen MR) is 87.6 cm³/mol. The summed E-state index contributed by atoms with van der Waals surface area (Å²) in [6, 6.07) is 0.0909. The molecule has 0 unspecified atom stereocenters. The zero-order valence-electron chi connectivity index (χ0n) is 13.9. The summed E-state index contributed by atoms with van der Waals surface area (Å²) >= 11 is 0. The fourth-order valence-corrected chi connectivity index (χ4v) is 2.72. The molecule has 1 aliphatic heterocycles. The average Bonchev–Trinajstić information content (AvgIpc) is 2.93. The van der Waals surface area contributed by atoms with Crippen molar-refractivity contribution in [2.75, 3.05) is 32.7 Å². The summed E-state index contributed by atoms with van der Waals surface area (Å²) in [5, 5.41) is 3.03. The van der Waals surface area contributed by atoms with Crippen molar-refractivity contribution in [3.05, 3.63) is 18.2 Å². The largest absolute Gasteiger partial charge is 0.338 e. The summed E-state index contributed by atoms with van der Waals surface area (Å²) in [5.74, 6) is 1.08. The highest BCUT2D eigenvalue weighted by atomic mass is 16.2. The summed E-state index contributed by atoms with van der Waals surface area (Å²) in [6.45, 7) is 7.27. The van der Waals surface area contributed by atoms with Gasteiger partial charge < -0.3 is 14.8 Å². The van der Waals surface area contributed by atoms with Crippen LogP contribution in [0, 0.1) is 0 Å². The minimum atomic E-state index is 0.0909. The molecule has 0 aliphatic carbocycles. The Morgan fingerprint density at radius 2 is 2.00 bits per heavy atom. The molecule has 0 aromatic carbocycles. The van der Waals surface area contributed by atoms with E-state index in [4.69, 9.17) is 0 Å². The Kier molecular flexibility index (Phi) is 6.71. The van der Waals surface area contributed by atoms with Crippen molar-refractivity contribution in [2.24, 2.45) is 7.05 Å². The molecule has 0 atom stereocenters. The van der Waals surface area contributed by atoms with Gasteiger partial charge in [-0.3, -0.25) is 4.90 Å². The van der Waals surface area contributed by atoms with Crippen molar-refractivity contribution in [1.82, 2.24) is 24.7 Å². The van der Waals surface area contributed by atoms with Crippen molar-refractivity contribution >= 4 is 6.03 Å². The fourth-order valence-electron chi connectivity index (χ4n) is 2.72. The van der Waals surface area contributed by atoms with E-state index in [2.05, 4.69) is 26.7 Å². The third-order valence-electron chi connectivity index (χ3n) is 4.25. The number of rotatable bonds is 7. The molecule has 2 heterocycles. The molecule has 2 rings (SSSR count). The maximum absolute atomic E-state index is 12.1. The van der Waals surface area contributed by atoms with Gasteiger partial charge in [-0.25, -0.2) is 9.78 Å². The van der Waals surface area contributed by atoms with E-state index in [0.29, 0.717) is 0 Å². The monoisotopic (exact) mass is 307 g/mol. The molecule has 1 aromatic heterocycles. The number of nitrogens with zero attached hydrogens (tertiary/aromatic N) is 4. The van der Waals surface area contributed by atoms with Crippen LogP contribution in [0.15, 0.2) is 12.4 Å². The van der Waals surface area contributed by atoms with Crippen LogP contribution in [-0.4, -0.2) is 58.1 Å². The second kappa shape index (κ2) is 8.78. The first-order chi connectivity index (χ1) is 10.7. The molecule has 0 saturated carbocycles. The van der Waals surface area contributed by atoms with Crippen molar-refractivity contribution < 1.29 is 4.79 Å². The first kappa shape index (κ1) is 16.8. The summed E-state index contributed by atoms with van der Waals surface area (Å²) in [6.07, 6.45) is 8.57. The Balaban J connectivity index is 1.64. The standard InChI is InChI=1S/C16H29N5O/c1-3-4-5-6-7-18-16(22)21-12-10-20(11-13-21)14-15-17-8-9-19(15)2/h8-9H,3-7,10-14H2,1-2H3,(H,18,22). The molecule has 2 amide bonds. The molecule has 1 aliphatic rings. The van der Waals surface area contributed by atoms with Crippen molar-refractivity contribution in [3.8, 4) is 0 Å². The van der Waals surface area contributed by atoms with Gasteiger partial charge >= 0.3 is 6.03 Å². The zero-order chi connectivity index (χ0) is 15.8. The van der Waals surface area contributed by atoms with Gasteiger partial charge in [-0.15, -0.1) is 0 Å². The molecule has 6 heteroatoms. The van der Waals surface area contributed by atoms with Crippen LogP contribution in [0.1, 0.15) is 38.4 Å². The summed E-state index contributed by atoms with van der Waals surface area (Å²) < 4.78 is 2.05. The smallest absolute Gasteiger partial charge is 0.317 e. The molecule has 1 N–H and O–H groups in total. The second-order valence-corrected chi connectivity index (χ2v) is 6.01. The van der Waals surface area contributed by atoms with Gasteiger partial charge in [0.1, 0.15) is 5.82 Å². The lowest BCUT2D eigenvalue weighted by Crippen LogP contribution is -2.51. The SMILES string of the molecule is CCCCCCNC(=O)N1CCN(Cc2nccn2C)CC1. The van der Waals surface area contributed by atoms with Crippen LogP contribution < -0.4 is 5.32 Å². The highest BCUT2D eigenvalue weighted by Crippen LogP contribution is 2.07. The molecule has 0 spiro atoms. The van der Waals surface area contributed by atoms with Crippen LogP contribution >= 0.6 is 0 Å². The first-order valence-corrected chi connectivity index (χ1v) is 8.42. The van der Waals surface area contributed by atoms with Crippen molar-refractivity contribution in [3.63, 3.8) is 0 Å². The topological polar surface area (TPSA) is 53.4 Å². The van der Waals surface area contributed by atoms with Crippen molar-refractivity contribution in [2.45, 2.75) is 39.2 Å². The van der Waals surface area contributed by atoms with Crippen LogP contribution in [-0.2, 0) is 13.6 Å². The molecule has 1 aromatic rings. The van der Waals surface area contributed by atoms with Gasteiger partial charge in [-0.1, -0.05) is 26.2 Å². The Morgan fingerprint density at radius 3 is 2.64 bits per heavy atom. The fraction of sp³-hybridized carbons (Fsp3) is 0.750. The van der Waals surface area contributed by atoms with Crippen LogP contribution in [0.5, 0.6) is 0 Å². The maximum atomic E-state index is 12.1. The first-order valence-electron chi connectivity index (χ1n) is 8.42. The third-order valence-corrected chi connectivity index (χ3v) is 4.25. The van der Waals surface area contributed by atoms with E-state index in [1.54, 1.807) is 0 Å². The number of piperazine rings is 1. The van der Waals surface area contributed by atoms with Gasteiger partial charge in [0.2, 0.25) is 0 Å². The molecular weight excluding hydrogens is 278 g/mol. The average molecular weight is 307 g/mol. The van der Waals surface area contributed by atoms with Gasteiger partial charge in [-0.05, 0) is 6.42 Å². The van der Waals surface area contributed by atoms with E-state index in [1.165, 1.54) is 19.3 Å². The molecular formula is C16H29N5O. The molecule has 124 valence electrons. The number of carbonyl (C=O) groups is 1. The number of imidazole rings is 1. The number of hydrogen-bond acceptors (Lipinski definition) is 3. The van der Waals surface area contributed by atoms with Crippen LogP contribution in [0.3, 0.4) is 0 Å². The van der Waals surface area contributed by atoms with E-state index in [9.17, 15) is 4.79 Å². The van der Waals surface area contributed by atoms with E-state index in [-0.39, 0.29) is 6.03 Å². The lowest BCUT2D eigenvalue weighted by atomic mass is 10.2. The number of hydrogen-bond donors (Lipinski definition) is 1. The van der Waals surface area contributed by atoms with E-state index >= 15 is 0 Å². The normalized spacial score (nSPS) is 16.0. The lowest BCUT2D eigenvalue weighted by molar-refractivity contribution is 0.133.